The quantitative estimate of drug-likeness (QED) is 0.633. The van der Waals surface area contributed by atoms with E-state index >= 15 is 0 Å². The van der Waals surface area contributed by atoms with Crippen LogP contribution >= 0.6 is 0 Å². The molecular weight excluding hydrogens is 390 g/mol. The summed E-state index contributed by atoms with van der Waals surface area (Å²) in [4.78, 5) is 24.0. The van der Waals surface area contributed by atoms with Crippen LogP contribution < -0.4 is 10.6 Å². The Kier molecular flexibility index (Phi) is 6.23. The van der Waals surface area contributed by atoms with E-state index in [0.29, 0.717) is 18.3 Å². The number of benzene rings is 1. The van der Waals surface area contributed by atoms with Crippen molar-refractivity contribution in [1.29, 1.82) is 0 Å². The van der Waals surface area contributed by atoms with Crippen LogP contribution in [0.4, 0.5) is 5.82 Å². The van der Waals surface area contributed by atoms with E-state index in [1.54, 1.807) is 18.2 Å². The molecule has 1 amide bonds. The third-order valence-electron chi connectivity index (χ3n) is 6.25. The Morgan fingerprint density at radius 2 is 2.16 bits per heavy atom. The third-order valence-corrected chi connectivity index (χ3v) is 6.25. The SMILES string of the molecule is CNc1cc([C@@H]2CCCNC2)nc(CN(C)C(=O)Cc2coc3c(C)c(C)ccc23)n1. The van der Waals surface area contributed by atoms with Gasteiger partial charge in [0.1, 0.15) is 17.2 Å². The number of furan rings is 1. The van der Waals surface area contributed by atoms with Crippen LogP contribution in [-0.2, 0) is 17.8 Å². The Labute approximate surface area is 183 Å². The summed E-state index contributed by atoms with van der Waals surface area (Å²) in [6, 6.07) is 6.13. The minimum Gasteiger partial charge on any atom is -0.464 e. The van der Waals surface area contributed by atoms with Crippen molar-refractivity contribution in [3.63, 3.8) is 0 Å². The molecule has 7 heteroatoms. The molecule has 164 valence electrons. The number of aromatic nitrogens is 2. The summed E-state index contributed by atoms with van der Waals surface area (Å²) < 4.78 is 5.76. The van der Waals surface area contributed by atoms with Gasteiger partial charge in [-0.15, -0.1) is 0 Å². The van der Waals surface area contributed by atoms with Crippen molar-refractivity contribution in [2.75, 3.05) is 32.5 Å². The summed E-state index contributed by atoms with van der Waals surface area (Å²) in [5, 5.41) is 7.57. The summed E-state index contributed by atoms with van der Waals surface area (Å²) in [5.74, 6) is 1.85. The van der Waals surface area contributed by atoms with Gasteiger partial charge >= 0.3 is 0 Å². The smallest absolute Gasteiger partial charge is 0.227 e. The zero-order chi connectivity index (χ0) is 22.0. The van der Waals surface area contributed by atoms with Gasteiger partial charge in [-0.2, -0.15) is 0 Å². The molecule has 0 spiro atoms. The number of piperidine rings is 1. The summed E-state index contributed by atoms with van der Waals surface area (Å²) in [6.07, 6.45) is 4.26. The highest BCUT2D eigenvalue weighted by molar-refractivity contribution is 5.89. The van der Waals surface area contributed by atoms with E-state index in [-0.39, 0.29) is 12.3 Å². The second kappa shape index (κ2) is 9.06. The number of anilines is 1. The Bertz CT molecular complexity index is 1090. The predicted molar refractivity (Wildman–Crippen MR) is 122 cm³/mol. The number of aryl methyl sites for hydroxylation is 2. The van der Waals surface area contributed by atoms with Crippen LogP contribution in [0.15, 0.2) is 28.9 Å². The van der Waals surface area contributed by atoms with Crippen LogP contribution in [0, 0.1) is 13.8 Å². The first-order valence-electron chi connectivity index (χ1n) is 10.9. The molecular formula is C24H31N5O2. The molecule has 0 unspecified atom stereocenters. The van der Waals surface area contributed by atoms with E-state index in [9.17, 15) is 4.79 Å². The van der Waals surface area contributed by atoms with Crippen LogP contribution in [-0.4, -0.2) is 48.0 Å². The second-order valence-corrected chi connectivity index (χ2v) is 8.46. The first-order chi connectivity index (χ1) is 15.0. The zero-order valence-corrected chi connectivity index (χ0v) is 18.8. The molecule has 4 rings (SSSR count). The minimum atomic E-state index is 0.0141. The maximum Gasteiger partial charge on any atom is 0.227 e. The largest absolute Gasteiger partial charge is 0.464 e. The predicted octanol–water partition coefficient (Wildman–Crippen LogP) is 3.55. The third kappa shape index (κ3) is 4.56. The molecule has 3 aromatic rings. The molecule has 1 fully saturated rings. The summed E-state index contributed by atoms with van der Waals surface area (Å²) in [5.41, 5.74) is 5.11. The lowest BCUT2D eigenvalue weighted by molar-refractivity contribution is -0.129. The highest BCUT2D eigenvalue weighted by Crippen LogP contribution is 2.27. The van der Waals surface area contributed by atoms with Gasteiger partial charge in [0.05, 0.1) is 24.9 Å². The van der Waals surface area contributed by atoms with Crippen molar-refractivity contribution in [3.8, 4) is 0 Å². The summed E-state index contributed by atoms with van der Waals surface area (Å²) >= 11 is 0. The maximum atomic E-state index is 13.0. The number of hydrogen-bond donors (Lipinski definition) is 2. The van der Waals surface area contributed by atoms with Crippen molar-refractivity contribution < 1.29 is 9.21 Å². The Hall–Kier alpha value is -2.93. The van der Waals surface area contributed by atoms with Gasteiger partial charge in [-0.3, -0.25) is 4.79 Å². The monoisotopic (exact) mass is 421 g/mol. The molecule has 3 heterocycles. The number of nitrogens with zero attached hydrogens (tertiary/aromatic N) is 3. The first kappa shape index (κ1) is 21.3. The fourth-order valence-electron chi connectivity index (χ4n) is 4.15. The lowest BCUT2D eigenvalue weighted by atomic mass is 9.96. The number of fused-ring (bicyclic) bond motifs is 1. The van der Waals surface area contributed by atoms with Crippen LogP contribution in [0.3, 0.4) is 0 Å². The van der Waals surface area contributed by atoms with Gasteiger partial charge in [-0.1, -0.05) is 12.1 Å². The normalized spacial score (nSPS) is 16.5. The van der Waals surface area contributed by atoms with Gasteiger partial charge in [0.2, 0.25) is 5.91 Å². The molecule has 2 N–H and O–H groups in total. The Morgan fingerprint density at radius 3 is 2.90 bits per heavy atom. The Morgan fingerprint density at radius 1 is 1.32 bits per heavy atom. The average Bonchev–Trinajstić information content (AvgIpc) is 3.19. The molecule has 1 aliphatic rings. The van der Waals surface area contributed by atoms with E-state index in [0.717, 1.165) is 59.5 Å². The van der Waals surface area contributed by atoms with E-state index in [1.165, 1.54) is 5.56 Å². The van der Waals surface area contributed by atoms with Crippen LogP contribution in [0.2, 0.25) is 0 Å². The molecule has 1 atom stereocenters. The van der Waals surface area contributed by atoms with E-state index in [4.69, 9.17) is 9.40 Å². The molecule has 0 radical (unpaired) electrons. The summed E-state index contributed by atoms with van der Waals surface area (Å²) in [7, 11) is 3.66. The number of hydrogen-bond acceptors (Lipinski definition) is 6. The van der Waals surface area contributed by atoms with Gasteiger partial charge in [0, 0.05) is 43.6 Å². The van der Waals surface area contributed by atoms with Crippen LogP contribution in [0.1, 0.15) is 47.0 Å². The van der Waals surface area contributed by atoms with Crippen molar-refractivity contribution in [3.05, 3.63) is 52.7 Å². The second-order valence-electron chi connectivity index (χ2n) is 8.46. The van der Waals surface area contributed by atoms with Gasteiger partial charge < -0.3 is 20.0 Å². The number of rotatable bonds is 6. The molecule has 0 aliphatic carbocycles. The van der Waals surface area contributed by atoms with E-state index < -0.39 is 0 Å². The molecule has 7 nitrogen and oxygen atoms in total. The lowest BCUT2D eigenvalue weighted by Crippen LogP contribution is -2.30. The number of amides is 1. The van der Waals surface area contributed by atoms with E-state index in [1.807, 2.05) is 26.1 Å². The first-order valence-corrected chi connectivity index (χ1v) is 10.9. The van der Waals surface area contributed by atoms with Crippen molar-refractivity contribution in [1.82, 2.24) is 20.2 Å². The standard InChI is InChI=1S/C24H31N5O2/c1-15-7-8-19-18(14-31-24(19)16(15)2)10-23(30)29(4)13-22-27-20(11-21(25-3)28-22)17-6-5-9-26-12-17/h7-8,11,14,17,26H,5-6,9-10,12-13H2,1-4H3,(H,25,27,28)/t17-/m1/s1. The van der Waals surface area contributed by atoms with Gasteiger partial charge in [0.25, 0.3) is 0 Å². The van der Waals surface area contributed by atoms with E-state index in [2.05, 4.69) is 28.6 Å². The highest BCUT2D eigenvalue weighted by Gasteiger charge is 2.20. The number of likely N-dealkylation sites (N-methyl/N-ethyl adjacent to an activating group) is 1. The van der Waals surface area contributed by atoms with Crippen molar-refractivity contribution >= 4 is 22.7 Å². The molecule has 0 bridgehead atoms. The molecule has 1 aliphatic heterocycles. The number of carbonyl (C=O) groups excluding carboxylic acids is 1. The maximum absolute atomic E-state index is 13.0. The molecule has 0 saturated carbocycles. The highest BCUT2D eigenvalue weighted by atomic mass is 16.3. The topological polar surface area (TPSA) is 83.3 Å². The fraction of sp³-hybridized carbons (Fsp3) is 0.458. The molecule has 2 aromatic heterocycles. The number of carbonyl (C=O) groups is 1. The molecule has 1 saturated heterocycles. The molecule has 1 aromatic carbocycles. The average molecular weight is 422 g/mol. The summed E-state index contributed by atoms with van der Waals surface area (Å²) in [6.45, 7) is 6.47. The van der Waals surface area contributed by atoms with Gasteiger partial charge in [-0.25, -0.2) is 9.97 Å². The van der Waals surface area contributed by atoms with Gasteiger partial charge in [0.15, 0.2) is 0 Å². The fourth-order valence-corrected chi connectivity index (χ4v) is 4.15. The van der Waals surface area contributed by atoms with Gasteiger partial charge in [-0.05, 0) is 44.4 Å². The van der Waals surface area contributed by atoms with Crippen molar-refractivity contribution in [2.24, 2.45) is 0 Å². The molecule has 31 heavy (non-hydrogen) atoms. The Balaban J connectivity index is 1.49. The lowest BCUT2D eigenvalue weighted by Gasteiger charge is -2.23. The van der Waals surface area contributed by atoms with Crippen LogP contribution in [0.25, 0.3) is 11.0 Å². The van der Waals surface area contributed by atoms with Crippen LogP contribution in [0.5, 0.6) is 0 Å². The minimum absolute atomic E-state index is 0.0141. The number of nitrogens with one attached hydrogen (secondary N) is 2. The zero-order valence-electron chi connectivity index (χ0n) is 18.8. The van der Waals surface area contributed by atoms with Crippen molar-refractivity contribution in [2.45, 2.75) is 45.6 Å².